The van der Waals surface area contributed by atoms with Gasteiger partial charge in [0.25, 0.3) is 11.8 Å². The van der Waals surface area contributed by atoms with Gasteiger partial charge < -0.3 is 36.3 Å². The maximum absolute atomic E-state index is 16.8. The number of benzene rings is 3. The Morgan fingerprint density at radius 2 is 1.72 bits per heavy atom. The van der Waals surface area contributed by atoms with E-state index in [0.29, 0.717) is 74.8 Å². The molecule has 2 aromatic heterocycles. The van der Waals surface area contributed by atoms with E-state index in [1.165, 1.54) is 6.07 Å². The molecule has 3 aromatic carbocycles. The molecule has 4 saturated heterocycles. The van der Waals surface area contributed by atoms with Crippen LogP contribution < -0.4 is 26.4 Å². The summed E-state index contributed by atoms with van der Waals surface area (Å²) in [6.07, 6.45) is 19.8. The van der Waals surface area contributed by atoms with Gasteiger partial charge in [-0.25, -0.2) is 8.78 Å². The number of rotatable bonds is 18. The number of aliphatic hydroxyl groups is 1. The molecule has 390 valence electrons. The number of piperazine rings is 1. The molecule has 4 fully saturated rings. The highest BCUT2D eigenvalue weighted by Crippen LogP contribution is 2.45. The van der Waals surface area contributed by atoms with Gasteiger partial charge in [-0.05, 0) is 86.9 Å². The highest BCUT2D eigenvalue weighted by molar-refractivity contribution is 14.1. The minimum absolute atomic E-state index is 0.0459. The standard InChI is InChI=1S/C35H35F2N7O.C20H27IN2O4.CH2O/c1-3-25-28(36)10-7-21-5-4-6-26(29(21)25)31-30(37)32-27(15-39-31)33(43-17-22-8-9-23(18-43)40-22)42-34(41-32)45-19-35-12-11-24(14-38)44(35)16-20(2)13-35;21-11-10-17(18(22)25)23-19(26)15-9-8-14(13-16(15)20(23)27)7-5-3-1-2-4-6-12-24;1-2/h1,4-7,10,15,22-24,40H,2,8-9,11-14,16-19,38H2;8-9,13,17,24H,1-7,10-12H2,(H2,22,25);1H2. The Morgan fingerprint density at radius 1 is 0.986 bits per heavy atom. The predicted molar refractivity (Wildman–Crippen MR) is 290 cm³/mol. The molecule has 5 aliphatic heterocycles. The molecule has 6 N–H and O–H groups in total. The molecule has 5 aliphatic rings. The number of carbonyl (C=O) groups excluding carboxylic acids is 4. The summed E-state index contributed by atoms with van der Waals surface area (Å²) in [5, 5.41) is 14.1. The SMILES string of the molecule is C#Cc1c(F)ccc2cccc(-c3ncc4c(N5CC6CCC(C5)N6)nc(OCC56CCC(CN)N5CC(=C)C6)nc4c3F)c12.C=O.NC(=O)C(CCI)N1C(=O)c2ccc(CCCCCCCCO)cc2C1=O. The number of nitrogens with one attached hydrogen (secondary N) is 1. The van der Waals surface area contributed by atoms with Crippen LogP contribution in [0.25, 0.3) is 32.9 Å². The van der Waals surface area contributed by atoms with Gasteiger partial charge in [0.2, 0.25) is 5.91 Å². The highest BCUT2D eigenvalue weighted by Gasteiger charge is 2.51. The molecule has 74 heavy (non-hydrogen) atoms. The average Bonchev–Trinajstić information content (AvgIpc) is 4.11. The molecular formula is C56H64F2IN9O6. The Bertz CT molecular complexity index is 2960. The number of aromatic nitrogens is 3. The lowest BCUT2D eigenvalue weighted by Gasteiger charge is -2.35. The van der Waals surface area contributed by atoms with Crippen molar-refractivity contribution in [2.45, 2.75) is 113 Å². The van der Waals surface area contributed by atoms with E-state index in [0.717, 1.165) is 113 Å². The van der Waals surface area contributed by atoms with Crippen LogP contribution in [0.5, 0.6) is 6.01 Å². The summed E-state index contributed by atoms with van der Waals surface area (Å²) in [7, 11) is 0. The van der Waals surface area contributed by atoms with Crippen molar-refractivity contribution >= 4 is 74.6 Å². The van der Waals surface area contributed by atoms with Gasteiger partial charge in [-0.1, -0.05) is 96.7 Å². The average molecular weight is 1120 g/mol. The van der Waals surface area contributed by atoms with Crippen molar-refractivity contribution in [3.63, 3.8) is 0 Å². The number of terminal acetylenes is 1. The van der Waals surface area contributed by atoms with E-state index in [-0.39, 0.29) is 41.0 Å². The van der Waals surface area contributed by atoms with E-state index in [2.05, 4.69) is 60.2 Å². The summed E-state index contributed by atoms with van der Waals surface area (Å²) in [5.74, 6) is 0.384. The Labute approximate surface area is 444 Å². The predicted octanol–water partition coefficient (Wildman–Crippen LogP) is 7.20. The van der Waals surface area contributed by atoms with Crippen molar-refractivity contribution in [2.24, 2.45) is 11.5 Å². The van der Waals surface area contributed by atoms with E-state index in [4.69, 9.17) is 37.5 Å². The maximum Gasteiger partial charge on any atom is 0.319 e. The molecule has 5 atom stereocenters. The van der Waals surface area contributed by atoms with Crippen molar-refractivity contribution in [1.29, 1.82) is 0 Å². The van der Waals surface area contributed by atoms with Crippen LogP contribution in [0, 0.1) is 24.0 Å². The number of hydrogen-bond acceptors (Lipinski definition) is 13. The van der Waals surface area contributed by atoms with Gasteiger partial charge in [-0.2, -0.15) is 9.97 Å². The summed E-state index contributed by atoms with van der Waals surface area (Å²) in [4.78, 5) is 64.8. The minimum Gasteiger partial charge on any atom is -0.461 e. The molecule has 0 saturated carbocycles. The lowest BCUT2D eigenvalue weighted by atomic mass is 9.94. The van der Waals surface area contributed by atoms with Gasteiger partial charge in [0.05, 0.1) is 27.6 Å². The number of unbranched alkanes of at least 4 members (excludes halogenated alkanes) is 5. The molecule has 3 amide bonds. The molecule has 15 nitrogen and oxygen atoms in total. The van der Waals surface area contributed by atoms with Crippen molar-refractivity contribution in [1.82, 2.24) is 30.1 Å². The fourth-order valence-corrected chi connectivity index (χ4v) is 12.2. The van der Waals surface area contributed by atoms with Crippen LogP contribution in [0.2, 0.25) is 0 Å². The van der Waals surface area contributed by atoms with Gasteiger partial charge in [0.15, 0.2) is 5.82 Å². The number of carbonyl (C=O) groups is 4. The van der Waals surface area contributed by atoms with Gasteiger partial charge in [-0.3, -0.25) is 29.2 Å². The van der Waals surface area contributed by atoms with Crippen LogP contribution in [0.15, 0.2) is 66.9 Å². The number of anilines is 1. The Balaban J connectivity index is 0.000000216. The van der Waals surface area contributed by atoms with Crippen LogP contribution in [0.1, 0.15) is 109 Å². The third-order valence-corrected chi connectivity index (χ3v) is 15.8. The highest BCUT2D eigenvalue weighted by atomic mass is 127. The summed E-state index contributed by atoms with van der Waals surface area (Å²) in [5.41, 5.74) is 14.8. The molecule has 0 radical (unpaired) electrons. The third kappa shape index (κ3) is 11.0. The zero-order valence-corrected chi connectivity index (χ0v) is 43.8. The first-order valence-corrected chi connectivity index (χ1v) is 27.0. The van der Waals surface area contributed by atoms with Crippen LogP contribution in [-0.4, -0.2) is 128 Å². The zero-order valence-electron chi connectivity index (χ0n) is 41.6. The van der Waals surface area contributed by atoms with Crippen molar-refractivity contribution in [3.05, 3.63) is 101 Å². The number of fused-ring (bicyclic) bond motifs is 6. The largest absolute Gasteiger partial charge is 0.461 e. The van der Waals surface area contributed by atoms with Crippen molar-refractivity contribution in [2.75, 3.05) is 48.7 Å². The smallest absolute Gasteiger partial charge is 0.319 e. The number of hydrogen-bond donors (Lipinski definition) is 4. The number of aliphatic hydroxyl groups excluding tert-OH is 1. The lowest BCUT2D eigenvalue weighted by molar-refractivity contribution is -0.121. The van der Waals surface area contributed by atoms with Crippen LogP contribution in [0.4, 0.5) is 14.6 Å². The number of nitrogens with zero attached hydrogens (tertiary/aromatic N) is 6. The van der Waals surface area contributed by atoms with Gasteiger partial charge >= 0.3 is 6.01 Å². The number of alkyl halides is 1. The molecule has 2 bridgehead atoms. The number of pyridine rings is 1. The first-order chi connectivity index (χ1) is 35.9. The van der Waals surface area contributed by atoms with Crippen molar-refractivity contribution in [3.8, 4) is 29.6 Å². The third-order valence-electron chi connectivity index (χ3n) is 15.1. The Morgan fingerprint density at radius 3 is 2.42 bits per heavy atom. The molecule has 5 unspecified atom stereocenters. The Hall–Kier alpha value is -5.98. The molecular weight excluding hydrogens is 1060 g/mol. The number of imide groups is 1. The van der Waals surface area contributed by atoms with Crippen molar-refractivity contribution < 1.29 is 37.8 Å². The molecule has 0 aliphatic carbocycles. The second-order valence-electron chi connectivity index (χ2n) is 19.9. The number of amides is 3. The van der Waals surface area contributed by atoms with E-state index in [9.17, 15) is 18.8 Å². The van der Waals surface area contributed by atoms with E-state index in [1.807, 2.05) is 18.9 Å². The van der Waals surface area contributed by atoms with E-state index < -0.39 is 35.4 Å². The van der Waals surface area contributed by atoms with Crippen LogP contribution >= 0.6 is 22.6 Å². The fraction of sp³-hybridized carbons (Fsp3) is 0.446. The topological polar surface area (TPSA) is 210 Å². The molecule has 5 aromatic rings. The number of aryl methyl sites for hydroxylation is 1. The maximum atomic E-state index is 16.8. The summed E-state index contributed by atoms with van der Waals surface area (Å²) in [6, 6.07) is 13.8. The zero-order chi connectivity index (χ0) is 52.7. The first-order valence-electron chi connectivity index (χ1n) is 25.5. The lowest BCUT2D eigenvalue weighted by Crippen LogP contribution is -2.51. The summed E-state index contributed by atoms with van der Waals surface area (Å²) >= 11 is 2.10. The first kappa shape index (κ1) is 54.3. The second kappa shape index (κ2) is 24.1. The summed E-state index contributed by atoms with van der Waals surface area (Å²) < 4.78 is 38.6. The number of nitrogens with two attached hydrogens (primary N) is 2. The number of primary amides is 1. The normalized spacial score (nSPS) is 21.2. The quantitative estimate of drug-likeness (QED) is 0.0171. The monoisotopic (exact) mass is 1120 g/mol. The summed E-state index contributed by atoms with van der Waals surface area (Å²) in [6.45, 7) is 9.74. The minimum atomic E-state index is -0.892. The fourth-order valence-electron chi connectivity index (χ4n) is 11.6. The number of ether oxygens (including phenoxy) is 1. The van der Waals surface area contributed by atoms with Gasteiger partial charge in [-0.15, -0.1) is 6.42 Å². The number of halogens is 3. The molecule has 7 heterocycles. The van der Waals surface area contributed by atoms with E-state index in [1.54, 1.807) is 36.5 Å². The van der Waals surface area contributed by atoms with Crippen LogP contribution in [-0.2, 0) is 16.0 Å². The molecule has 10 rings (SSSR count). The molecule has 0 spiro atoms. The Kier molecular flexibility index (Phi) is 17.7. The van der Waals surface area contributed by atoms with Gasteiger partial charge in [0, 0.05) is 72.5 Å². The van der Waals surface area contributed by atoms with E-state index >= 15 is 4.39 Å². The van der Waals surface area contributed by atoms with Gasteiger partial charge in [0.1, 0.15) is 42.3 Å². The van der Waals surface area contributed by atoms with Crippen LogP contribution in [0.3, 0.4) is 0 Å². The second-order valence-corrected chi connectivity index (χ2v) is 21.0. The molecule has 18 heteroatoms.